The van der Waals surface area contributed by atoms with Gasteiger partial charge in [0.15, 0.2) is 0 Å². The van der Waals surface area contributed by atoms with Crippen LogP contribution in [0.4, 0.5) is 0 Å². The van der Waals surface area contributed by atoms with Crippen molar-refractivity contribution < 1.29 is 8.42 Å². The molecule has 2 atom stereocenters. The fourth-order valence-corrected chi connectivity index (χ4v) is 6.09. The van der Waals surface area contributed by atoms with Gasteiger partial charge in [0.1, 0.15) is 4.90 Å². The molecular formula is C13H23N3O2S2. The van der Waals surface area contributed by atoms with Crippen molar-refractivity contribution in [3.8, 4) is 0 Å². The Balaban J connectivity index is 2.35. The highest BCUT2D eigenvalue weighted by Crippen LogP contribution is 2.32. The van der Waals surface area contributed by atoms with Gasteiger partial charge < -0.3 is 10.6 Å². The van der Waals surface area contributed by atoms with Crippen LogP contribution in [0.2, 0.25) is 0 Å². The summed E-state index contributed by atoms with van der Waals surface area (Å²) in [5, 5.41) is 1.87. The average Bonchev–Trinajstić information content (AvgIpc) is 2.92. The van der Waals surface area contributed by atoms with E-state index in [1.54, 1.807) is 4.31 Å². The third-order valence-electron chi connectivity index (χ3n) is 3.98. The Morgan fingerprint density at radius 1 is 1.45 bits per heavy atom. The van der Waals surface area contributed by atoms with Crippen molar-refractivity contribution in [2.24, 2.45) is 11.7 Å². The van der Waals surface area contributed by atoms with E-state index in [0.717, 1.165) is 10.4 Å². The van der Waals surface area contributed by atoms with Gasteiger partial charge in [-0.25, -0.2) is 8.42 Å². The number of rotatable bonds is 4. The van der Waals surface area contributed by atoms with Gasteiger partial charge in [-0.3, -0.25) is 0 Å². The number of nitrogens with zero attached hydrogens (tertiary/aromatic N) is 2. The maximum absolute atomic E-state index is 12.9. The van der Waals surface area contributed by atoms with Crippen LogP contribution in [0.1, 0.15) is 17.4 Å². The lowest BCUT2D eigenvalue weighted by Gasteiger charge is -2.22. The molecule has 5 nitrogen and oxygen atoms in total. The molecule has 2 N–H and O–H groups in total. The summed E-state index contributed by atoms with van der Waals surface area (Å²) < 4.78 is 27.3. The minimum Gasteiger partial charge on any atom is -0.326 e. The van der Waals surface area contributed by atoms with Gasteiger partial charge in [0.05, 0.1) is 0 Å². The lowest BCUT2D eigenvalue weighted by atomic mass is 10.1. The Labute approximate surface area is 125 Å². The van der Waals surface area contributed by atoms with Gasteiger partial charge >= 0.3 is 0 Å². The first-order valence-electron chi connectivity index (χ1n) is 6.72. The van der Waals surface area contributed by atoms with Crippen molar-refractivity contribution in [3.63, 3.8) is 0 Å². The highest BCUT2D eigenvalue weighted by Gasteiger charge is 2.39. The van der Waals surface area contributed by atoms with E-state index in [2.05, 4.69) is 11.8 Å². The zero-order chi connectivity index (χ0) is 15.1. The lowest BCUT2D eigenvalue weighted by molar-refractivity contribution is 0.263. The summed E-state index contributed by atoms with van der Waals surface area (Å²) in [6.45, 7) is 5.34. The Morgan fingerprint density at radius 3 is 2.60 bits per heavy atom. The number of aryl methyl sites for hydroxylation is 1. The standard InChI is InChI=1S/C13H23N3O2S2/c1-9-6-16(7-11(9)15(3)4)20(17,18)13-10(2)8-19-12(13)5-14/h8-9,11H,5-7,14H2,1-4H3. The molecule has 0 aliphatic carbocycles. The molecule has 1 saturated heterocycles. The molecule has 0 radical (unpaired) electrons. The lowest BCUT2D eigenvalue weighted by Crippen LogP contribution is -2.36. The Morgan fingerprint density at radius 2 is 2.10 bits per heavy atom. The summed E-state index contributed by atoms with van der Waals surface area (Å²) in [6, 6.07) is 0.269. The predicted octanol–water partition coefficient (Wildman–Crippen LogP) is 1.09. The largest absolute Gasteiger partial charge is 0.326 e. The fourth-order valence-electron chi connectivity index (χ4n) is 2.88. The molecule has 0 amide bonds. The van der Waals surface area contributed by atoms with Crippen LogP contribution in [0.25, 0.3) is 0 Å². The second-order valence-electron chi connectivity index (χ2n) is 5.71. The molecule has 1 aromatic rings. The van der Waals surface area contributed by atoms with Gasteiger partial charge in [0.25, 0.3) is 0 Å². The maximum Gasteiger partial charge on any atom is 0.244 e. The molecular weight excluding hydrogens is 294 g/mol. The van der Waals surface area contributed by atoms with Crippen molar-refractivity contribution in [3.05, 3.63) is 15.8 Å². The van der Waals surface area contributed by atoms with E-state index in [1.807, 2.05) is 26.4 Å². The van der Waals surface area contributed by atoms with Gasteiger partial charge in [0.2, 0.25) is 10.0 Å². The molecule has 1 fully saturated rings. The molecule has 1 aliphatic heterocycles. The first kappa shape index (κ1) is 15.9. The fraction of sp³-hybridized carbons (Fsp3) is 0.692. The average molecular weight is 317 g/mol. The molecule has 1 aromatic heterocycles. The molecule has 0 spiro atoms. The molecule has 0 aromatic carbocycles. The van der Waals surface area contributed by atoms with Crippen molar-refractivity contribution in [1.29, 1.82) is 0 Å². The molecule has 0 bridgehead atoms. The number of thiophene rings is 1. The van der Waals surface area contributed by atoms with E-state index < -0.39 is 10.0 Å². The summed E-state index contributed by atoms with van der Waals surface area (Å²) >= 11 is 1.43. The monoisotopic (exact) mass is 317 g/mol. The summed E-state index contributed by atoms with van der Waals surface area (Å²) in [7, 11) is 0.566. The Kier molecular flexibility index (Phi) is 4.56. The SMILES string of the molecule is Cc1csc(CN)c1S(=O)(=O)N1CC(C)C(N(C)C)C1. The number of hydrogen-bond acceptors (Lipinski definition) is 5. The smallest absolute Gasteiger partial charge is 0.244 e. The van der Waals surface area contributed by atoms with Crippen molar-refractivity contribution in [1.82, 2.24) is 9.21 Å². The quantitative estimate of drug-likeness (QED) is 0.902. The molecule has 1 aliphatic rings. The summed E-state index contributed by atoms with van der Waals surface area (Å²) in [6.07, 6.45) is 0. The normalized spacial score (nSPS) is 24.7. The van der Waals surface area contributed by atoms with E-state index in [9.17, 15) is 8.42 Å². The van der Waals surface area contributed by atoms with E-state index in [4.69, 9.17) is 5.73 Å². The molecule has 2 unspecified atom stereocenters. The number of likely N-dealkylation sites (N-methyl/N-ethyl adjacent to an activating group) is 1. The first-order valence-corrected chi connectivity index (χ1v) is 9.04. The Bertz CT molecular complexity index is 580. The number of sulfonamides is 1. The third kappa shape index (κ3) is 2.65. The third-order valence-corrected chi connectivity index (χ3v) is 7.29. The zero-order valence-electron chi connectivity index (χ0n) is 12.5. The summed E-state index contributed by atoms with van der Waals surface area (Å²) in [5.74, 6) is 0.333. The van der Waals surface area contributed by atoms with Gasteiger partial charge in [-0.15, -0.1) is 11.3 Å². The minimum atomic E-state index is -3.43. The van der Waals surface area contributed by atoms with Crippen LogP contribution in [0.5, 0.6) is 0 Å². The van der Waals surface area contributed by atoms with Gasteiger partial charge in [-0.2, -0.15) is 4.31 Å². The van der Waals surface area contributed by atoms with Gasteiger partial charge in [-0.1, -0.05) is 6.92 Å². The molecule has 0 saturated carbocycles. The van der Waals surface area contributed by atoms with E-state index in [-0.39, 0.29) is 12.6 Å². The molecule has 20 heavy (non-hydrogen) atoms. The van der Waals surface area contributed by atoms with Crippen LogP contribution in [-0.4, -0.2) is 50.8 Å². The van der Waals surface area contributed by atoms with Crippen molar-refractivity contribution >= 4 is 21.4 Å². The van der Waals surface area contributed by atoms with Crippen LogP contribution in [0.3, 0.4) is 0 Å². The van der Waals surface area contributed by atoms with Crippen molar-refractivity contribution in [2.45, 2.75) is 31.3 Å². The van der Waals surface area contributed by atoms with Crippen LogP contribution in [-0.2, 0) is 16.6 Å². The number of nitrogens with two attached hydrogens (primary N) is 1. The molecule has 114 valence electrons. The van der Waals surface area contributed by atoms with Gasteiger partial charge in [-0.05, 0) is 37.9 Å². The second-order valence-corrected chi connectivity index (χ2v) is 8.54. The van der Waals surface area contributed by atoms with E-state index >= 15 is 0 Å². The predicted molar refractivity (Wildman–Crippen MR) is 82.3 cm³/mol. The minimum absolute atomic E-state index is 0.269. The van der Waals surface area contributed by atoms with E-state index in [1.165, 1.54) is 11.3 Å². The number of hydrogen-bond donors (Lipinski definition) is 1. The van der Waals surface area contributed by atoms with Gasteiger partial charge in [0, 0.05) is 30.6 Å². The van der Waals surface area contributed by atoms with Crippen LogP contribution < -0.4 is 5.73 Å². The van der Waals surface area contributed by atoms with Crippen LogP contribution in [0.15, 0.2) is 10.3 Å². The molecule has 7 heteroatoms. The first-order chi connectivity index (χ1) is 9.28. The summed E-state index contributed by atoms with van der Waals surface area (Å²) in [5.41, 5.74) is 6.48. The highest BCUT2D eigenvalue weighted by molar-refractivity contribution is 7.89. The molecule has 2 rings (SSSR count). The van der Waals surface area contributed by atoms with Crippen LogP contribution in [0, 0.1) is 12.8 Å². The summed E-state index contributed by atoms with van der Waals surface area (Å²) in [4.78, 5) is 3.28. The Hall–Kier alpha value is -0.470. The molecule has 2 heterocycles. The topological polar surface area (TPSA) is 66.6 Å². The zero-order valence-corrected chi connectivity index (χ0v) is 14.1. The maximum atomic E-state index is 12.9. The van der Waals surface area contributed by atoms with Crippen molar-refractivity contribution in [2.75, 3.05) is 27.2 Å². The van der Waals surface area contributed by atoms with E-state index in [0.29, 0.717) is 23.9 Å². The highest BCUT2D eigenvalue weighted by atomic mass is 32.2. The second kappa shape index (κ2) is 5.73. The van der Waals surface area contributed by atoms with Crippen LogP contribution >= 0.6 is 11.3 Å².